The second-order valence-electron chi connectivity index (χ2n) is 2.98. The second-order valence-corrected chi connectivity index (χ2v) is 3.89. The van der Waals surface area contributed by atoms with Gasteiger partial charge in [-0.25, -0.2) is 0 Å². The summed E-state index contributed by atoms with van der Waals surface area (Å²) in [5, 5.41) is 0. The van der Waals surface area contributed by atoms with Gasteiger partial charge in [0.1, 0.15) is 0 Å². The van der Waals surface area contributed by atoms with Gasteiger partial charge in [-0.05, 0) is 24.8 Å². The Hall–Kier alpha value is -0.700. The smallest absolute Gasteiger partial charge is 0.166 e. The average Bonchev–Trinajstić information content (AvgIpc) is 2.61. The van der Waals surface area contributed by atoms with Gasteiger partial charge < -0.3 is 4.57 Å². The first-order valence-electron chi connectivity index (χ1n) is 4.44. The Bertz CT molecular complexity index is 270. The molecule has 2 nitrogen and oxygen atoms in total. The number of aldehydes is 1. The molecule has 0 bridgehead atoms. The van der Waals surface area contributed by atoms with Crippen LogP contribution in [0.25, 0.3) is 0 Å². The van der Waals surface area contributed by atoms with Gasteiger partial charge in [-0.15, -0.1) is 0 Å². The van der Waals surface area contributed by atoms with Gasteiger partial charge in [0.15, 0.2) is 6.29 Å². The Balaban J connectivity index is 2.83. The molecule has 1 rings (SSSR count). The molecule has 0 aliphatic carbocycles. The first kappa shape index (κ1) is 10.4. The molecule has 1 unspecified atom stereocenters. The molecule has 0 amide bonds. The lowest BCUT2D eigenvalue weighted by Crippen LogP contribution is -2.12. The van der Waals surface area contributed by atoms with Crippen LogP contribution in [0.4, 0.5) is 0 Å². The zero-order valence-electron chi connectivity index (χ0n) is 8.06. The summed E-state index contributed by atoms with van der Waals surface area (Å²) >= 11 is 1.81. The lowest BCUT2D eigenvalue weighted by Gasteiger charge is -2.17. The van der Waals surface area contributed by atoms with E-state index < -0.39 is 0 Å². The van der Waals surface area contributed by atoms with E-state index in [-0.39, 0.29) is 0 Å². The normalized spacial score (nSPS) is 12.8. The van der Waals surface area contributed by atoms with Crippen molar-refractivity contribution in [3.63, 3.8) is 0 Å². The molecular formula is C10H15NOS. The molecule has 1 aromatic rings. The number of hydrogen-bond acceptors (Lipinski definition) is 2. The average molecular weight is 197 g/mol. The van der Waals surface area contributed by atoms with Crippen LogP contribution in [0.15, 0.2) is 18.3 Å². The van der Waals surface area contributed by atoms with E-state index in [0.717, 1.165) is 24.2 Å². The van der Waals surface area contributed by atoms with Crippen molar-refractivity contribution >= 4 is 18.0 Å². The van der Waals surface area contributed by atoms with Gasteiger partial charge in [0, 0.05) is 18.0 Å². The maximum atomic E-state index is 10.7. The van der Waals surface area contributed by atoms with E-state index in [1.54, 1.807) is 0 Å². The summed E-state index contributed by atoms with van der Waals surface area (Å²) in [6, 6.07) is 4.23. The summed E-state index contributed by atoms with van der Waals surface area (Å²) in [4.78, 5) is 10.7. The fourth-order valence-corrected chi connectivity index (χ4v) is 2.21. The van der Waals surface area contributed by atoms with E-state index in [2.05, 4.69) is 17.7 Å². The molecule has 0 spiro atoms. The Labute approximate surface area is 83.3 Å². The highest BCUT2D eigenvalue weighted by Gasteiger charge is 2.09. The van der Waals surface area contributed by atoms with E-state index >= 15 is 0 Å². The third-order valence-corrected chi connectivity index (χ3v) is 2.87. The molecule has 1 heterocycles. The maximum Gasteiger partial charge on any atom is 0.166 e. The third kappa shape index (κ3) is 2.37. The van der Waals surface area contributed by atoms with Crippen LogP contribution in [0.2, 0.25) is 0 Å². The van der Waals surface area contributed by atoms with Crippen molar-refractivity contribution in [1.29, 1.82) is 0 Å². The Morgan fingerprint density at radius 2 is 2.46 bits per heavy atom. The highest BCUT2D eigenvalue weighted by molar-refractivity contribution is 7.98. The van der Waals surface area contributed by atoms with Crippen LogP contribution in [0.1, 0.15) is 29.9 Å². The van der Waals surface area contributed by atoms with Crippen LogP contribution in [0.3, 0.4) is 0 Å². The van der Waals surface area contributed by atoms with Gasteiger partial charge in [-0.1, -0.05) is 6.92 Å². The highest BCUT2D eigenvalue weighted by Crippen LogP contribution is 2.18. The van der Waals surface area contributed by atoms with Crippen molar-refractivity contribution in [1.82, 2.24) is 4.57 Å². The maximum absolute atomic E-state index is 10.7. The topological polar surface area (TPSA) is 22.0 Å². The predicted molar refractivity (Wildman–Crippen MR) is 57.5 cm³/mol. The summed E-state index contributed by atoms with van der Waals surface area (Å²) in [6.07, 6.45) is 6.06. The fraction of sp³-hybridized carbons (Fsp3) is 0.500. The minimum absolute atomic E-state index is 0.449. The van der Waals surface area contributed by atoms with Gasteiger partial charge in [0.2, 0.25) is 0 Å². The van der Waals surface area contributed by atoms with Gasteiger partial charge >= 0.3 is 0 Å². The standard InChI is InChI=1S/C10H15NOS/c1-3-9(8-13-2)11-6-4-5-10(11)7-12/h4-7,9H,3,8H2,1-2H3. The second kappa shape index (κ2) is 5.12. The number of aromatic nitrogens is 1. The molecular weight excluding hydrogens is 182 g/mol. The summed E-state index contributed by atoms with van der Waals surface area (Å²) in [5.74, 6) is 1.06. The minimum Gasteiger partial charge on any atom is -0.341 e. The molecule has 0 saturated heterocycles. The van der Waals surface area contributed by atoms with Crippen LogP contribution in [0, 0.1) is 0 Å². The van der Waals surface area contributed by atoms with E-state index in [4.69, 9.17) is 0 Å². The number of rotatable bonds is 5. The number of carbonyl (C=O) groups excluding carboxylic acids is 1. The molecule has 1 aromatic heterocycles. The Kier molecular flexibility index (Phi) is 4.09. The van der Waals surface area contributed by atoms with Crippen LogP contribution in [0.5, 0.6) is 0 Å². The van der Waals surface area contributed by atoms with Gasteiger partial charge in [0.25, 0.3) is 0 Å². The van der Waals surface area contributed by atoms with E-state index in [9.17, 15) is 4.79 Å². The van der Waals surface area contributed by atoms with Crippen LogP contribution in [-0.2, 0) is 0 Å². The fourth-order valence-electron chi connectivity index (χ4n) is 1.43. The van der Waals surface area contributed by atoms with Crippen molar-refractivity contribution in [2.24, 2.45) is 0 Å². The number of carbonyl (C=O) groups is 1. The summed E-state index contributed by atoms with van der Waals surface area (Å²) in [6.45, 7) is 2.15. The summed E-state index contributed by atoms with van der Waals surface area (Å²) in [7, 11) is 0. The predicted octanol–water partition coefficient (Wildman–Crippen LogP) is 2.61. The molecule has 0 saturated carbocycles. The van der Waals surface area contributed by atoms with E-state index in [1.165, 1.54) is 0 Å². The zero-order valence-corrected chi connectivity index (χ0v) is 8.88. The minimum atomic E-state index is 0.449. The molecule has 1 atom stereocenters. The van der Waals surface area contributed by atoms with Crippen LogP contribution in [-0.4, -0.2) is 22.9 Å². The summed E-state index contributed by atoms with van der Waals surface area (Å²) < 4.78 is 2.06. The van der Waals surface area contributed by atoms with Crippen molar-refractivity contribution in [3.8, 4) is 0 Å². The monoisotopic (exact) mass is 197 g/mol. The molecule has 0 radical (unpaired) electrons. The first-order valence-corrected chi connectivity index (χ1v) is 5.83. The lowest BCUT2D eigenvalue weighted by molar-refractivity contribution is 0.111. The SMILES string of the molecule is CCC(CSC)n1cccc1C=O. The van der Waals surface area contributed by atoms with E-state index in [1.807, 2.05) is 30.1 Å². The molecule has 0 fully saturated rings. The van der Waals surface area contributed by atoms with Crippen LogP contribution < -0.4 is 0 Å². The zero-order chi connectivity index (χ0) is 9.68. The highest BCUT2D eigenvalue weighted by atomic mass is 32.2. The molecule has 0 N–H and O–H groups in total. The number of hydrogen-bond donors (Lipinski definition) is 0. The quantitative estimate of drug-likeness (QED) is 0.677. The van der Waals surface area contributed by atoms with Crippen molar-refractivity contribution in [2.45, 2.75) is 19.4 Å². The van der Waals surface area contributed by atoms with Gasteiger partial charge in [0.05, 0.1) is 5.69 Å². The molecule has 13 heavy (non-hydrogen) atoms. The molecule has 3 heteroatoms. The van der Waals surface area contributed by atoms with E-state index in [0.29, 0.717) is 6.04 Å². The first-order chi connectivity index (χ1) is 6.33. The third-order valence-electron chi connectivity index (χ3n) is 2.16. The molecule has 0 aliphatic heterocycles. The lowest BCUT2D eigenvalue weighted by atomic mass is 10.2. The number of thioether (sulfide) groups is 1. The summed E-state index contributed by atoms with van der Waals surface area (Å²) in [5.41, 5.74) is 0.779. The Morgan fingerprint density at radius 1 is 1.69 bits per heavy atom. The van der Waals surface area contributed by atoms with Crippen LogP contribution >= 0.6 is 11.8 Å². The Morgan fingerprint density at radius 3 is 3.00 bits per heavy atom. The van der Waals surface area contributed by atoms with Crippen molar-refractivity contribution in [3.05, 3.63) is 24.0 Å². The van der Waals surface area contributed by atoms with Crippen molar-refractivity contribution < 1.29 is 4.79 Å². The number of nitrogens with zero attached hydrogens (tertiary/aromatic N) is 1. The molecule has 0 aromatic carbocycles. The molecule has 0 aliphatic rings. The molecule has 72 valence electrons. The largest absolute Gasteiger partial charge is 0.341 e. The van der Waals surface area contributed by atoms with Gasteiger partial charge in [-0.3, -0.25) is 4.79 Å². The van der Waals surface area contributed by atoms with Gasteiger partial charge in [-0.2, -0.15) is 11.8 Å². The van der Waals surface area contributed by atoms with Crippen molar-refractivity contribution in [2.75, 3.05) is 12.0 Å².